The number of nitrogens with zero attached hydrogens (tertiary/aromatic N) is 1. The number of carbonyl (C=O) groups excluding carboxylic acids is 2. The Labute approximate surface area is 209 Å². The average molecular weight is 473 g/mol. The van der Waals surface area contributed by atoms with Gasteiger partial charge in [0.1, 0.15) is 11.8 Å². The lowest BCUT2D eigenvalue weighted by atomic mass is 10.0. The molecule has 0 saturated carbocycles. The number of benzene rings is 3. The molecule has 0 aliphatic heterocycles. The minimum atomic E-state index is -0.639. The molecule has 0 saturated heterocycles. The van der Waals surface area contributed by atoms with Gasteiger partial charge in [0.05, 0.1) is 13.5 Å². The second-order valence-electron chi connectivity index (χ2n) is 9.38. The van der Waals surface area contributed by atoms with E-state index < -0.39 is 6.04 Å². The second kappa shape index (κ2) is 12.7. The molecule has 184 valence electrons. The fourth-order valence-corrected chi connectivity index (χ4v) is 3.93. The molecule has 5 heteroatoms. The highest BCUT2D eigenvalue weighted by Gasteiger charge is 2.30. The van der Waals surface area contributed by atoms with E-state index >= 15 is 0 Å². The van der Waals surface area contributed by atoms with E-state index in [1.165, 1.54) is 0 Å². The van der Waals surface area contributed by atoms with E-state index in [0.717, 1.165) is 28.0 Å². The molecule has 0 bridgehead atoms. The summed E-state index contributed by atoms with van der Waals surface area (Å²) in [5.74, 6) is 0.809. The average Bonchev–Trinajstić information content (AvgIpc) is 2.86. The molecule has 0 radical (unpaired) electrons. The van der Waals surface area contributed by atoms with Gasteiger partial charge < -0.3 is 15.0 Å². The van der Waals surface area contributed by atoms with E-state index in [1.807, 2.05) is 85.8 Å². The smallest absolute Gasteiger partial charge is 0.243 e. The van der Waals surface area contributed by atoms with Crippen molar-refractivity contribution in [2.24, 2.45) is 5.92 Å². The number of rotatable bonds is 11. The van der Waals surface area contributed by atoms with E-state index in [0.29, 0.717) is 25.4 Å². The Morgan fingerprint density at radius 1 is 0.886 bits per heavy atom. The summed E-state index contributed by atoms with van der Waals surface area (Å²) < 4.78 is 5.39. The molecule has 0 heterocycles. The van der Waals surface area contributed by atoms with Crippen LogP contribution in [0.4, 0.5) is 0 Å². The lowest BCUT2D eigenvalue weighted by Crippen LogP contribution is -2.51. The van der Waals surface area contributed by atoms with Crippen LogP contribution in [0.3, 0.4) is 0 Å². The van der Waals surface area contributed by atoms with Crippen molar-refractivity contribution >= 4 is 11.8 Å². The van der Waals surface area contributed by atoms with Gasteiger partial charge in [-0.3, -0.25) is 9.59 Å². The van der Waals surface area contributed by atoms with Crippen LogP contribution in [-0.2, 0) is 29.0 Å². The monoisotopic (exact) mass is 472 g/mol. The molecule has 0 aliphatic rings. The molecule has 3 aromatic carbocycles. The molecule has 0 fully saturated rings. The summed E-state index contributed by atoms with van der Waals surface area (Å²) in [7, 11) is 1.62. The number of hydrogen-bond acceptors (Lipinski definition) is 3. The first-order chi connectivity index (χ1) is 16.9. The van der Waals surface area contributed by atoms with E-state index in [2.05, 4.69) is 19.2 Å². The number of hydrogen-bond donors (Lipinski definition) is 1. The number of nitrogens with one attached hydrogen (secondary N) is 1. The van der Waals surface area contributed by atoms with Crippen LogP contribution in [0.15, 0.2) is 78.9 Å². The number of methoxy groups -OCH3 is 1. The topological polar surface area (TPSA) is 58.6 Å². The molecule has 0 aliphatic carbocycles. The van der Waals surface area contributed by atoms with Crippen LogP contribution in [0.1, 0.15) is 36.1 Å². The molecule has 5 nitrogen and oxygen atoms in total. The zero-order valence-corrected chi connectivity index (χ0v) is 21.2. The summed E-state index contributed by atoms with van der Waals surface area (Å²) in [4.78, 5) is 28.9. The molecular weight excluding hydrogens is 436 g/mol. The lowest BCUT2D eigenvalue weighted by Gasteiger charge is -2.32. The summed E-state index contributed by atoms with van der Waals surface area (Å²) >= 11 is 0. The Hall–Kier alpha value is -3.60. The van der Waals surface area contributed by atoms with Gasteiger partial charge in [0.25, 0.3) is 0 Å². The first-order valence-corrected chi connectivity index (χ1v) is 12.1. The predicted molar refractivity (Wildman–Crippen MR) is 140 cm³/mol. The fourth-order valence-electron chi connectivity index (χ4n) is 3.93. The minimum Gasteiger partial charge on any atom is -0.497 e. The second-order valence-corrected chi connectivity index (χ2v) is 9.38. The van der Waals surface area contributed by atoms with Crippen LogP contribution in [-0.4, -0.2) is 36.4 Å². The maximum Gasteiger partial charge on any atom is 0.243 e. The standard InChI is InChI=1S/C30H36N2O3/c1-22(2)20-31-30(34)28(18-24-9-6-5-7-10-24)32(21-26-11-8-12-27(17-26)35-4)29(33)19-25-15-13-23(3)14-16-25/h5-17,22,28H,18-21H2,1-4H3,(H,31,34)/t28-/m1/s1. The molecule has 35 heavy (non-hydrogen) atoms. The van der Waals surface area contributed by atoms with Gasteiger partial charge in [-0.25, -0.2) is 0 Å². The van der Waals surface area contributed by atoms with Crippen molar-refractivity contribution in [2.45, 2.75) is 46.2 Å². The van der Waals surface area contributed by atoms with E-state index in [9.17, 15) is 9.59 Å². The molecule has 1 atom stereocenters. The van der Waals surface area contributed by atoms with Crippen molar-refractivity contribution in [3.05, 3.63) is 101 Å². The van der Waals surface area contributed by atoms with Crippen LogP contribution in [0, 0.1) is 12.8 Å². The van der Waals surface area contributed by atoms with Crippen molar-refractivity contribution in [2.75, 3.05) is 13.7 Å². The molecule has 0 unspecified atom stereocenters. The van der Waals surface area contributed by atoms with Crippen molar-refractivity contribution < 1.29 is 14.3 Å². The summed E-state index contributed by atoms with van der Waals surface area (Å²) in [6.07, 6.45) is 0.668. The van der Waals surface area contributed by atoms with E-state index in [4.69, 9.17) is 4.74 Å². The minimum absolute atomic E-state index is 0.0858. The molecular formula is C30H36N2O3. The zero-order valence-electron chi connectivity index (χ0n) is 21.2. The van der Waals surface area contributed by atoms with Gasteiger partial charge in [-0.2, -0.15) is 0 Å². The van der Waals surface area contributed by atoms with Crippen LogP contribution < -0.4 is 10.1 Å². The first kappa shape index (κ1) is 26.0. The molecule has 0 spiro atoms. The number of carbonyl (C=O) groups is 2. The molecule has 3 aromatic rings. The van der Waals surface area contributed by atoms with Crippen LogP contribution in [0.5, 0.6) is 5.75 Å². The highest BCUT2D eigenvalue weighted by Crippen LogP contribution is 2.19. The lowest BCUT2D eigenvalue weighted by molar-refractivity contribution is -0.140. The van der Waals surface area contributed by atoms with Gasteiger partial charge in [-0.05, 0) is 41.7 Å². The zero-order chi connectivity index (χ0) is 25.2. The van der Waals surface area contributed by atoms with Gasteiger partial charge in [-0.15, -0.1) is 0 Å². The van der Waals surface area contributed by atoms with Crippen LogP contribution in [0.2, 0.25) is 0 Å². The molecule has 1 N–H and O–H groups in total. The van der Waals surface area contributed by atoms with Gasteiger partial charge in [0, 0.05) is 19.5 Å². The summed E-state index contributed by atoms with van der Waals surface area (Å²) in [5.41, 5.74) is 3.99. The Morgan fingerprint density at radius 2 is 1.57 bits per heavy atom. The van der Waals surface area contributed by atoms with Crippen molar-refractivity contribution in [3.63, 3.8) is 0 Å². The van der Waals surface area contributed by atoms with E-state index in [-0.39, 0.29) is 18.2 Å². The van der Waals surface area contributed by atoms with Crippen molar-refractivity contribution in [1.82, 2.24) is 10.2 Å². The number of aryl methyl sites for hydroxylation is 1. The van der Waals surface area contributed by atoms with Gasteiger partial charge in [0.15, 0.2) is 0 Å². The first-order valence-electron chi connectivity index (χ1n) is 12.1. The van der Waals surface area contributed by atoms with Crippen LogP contribution >= 0.6 is 0 Å². The Balaban J connectivity index is 1.96. The van der Waals surface area contributed by atoms with Gasteiger partial charge in [-0.1, -0.05) is 86.1 Å². The summed E-state index contributed by atoms with van der Waals surface area (Å²) in [5, 5.41) is 3.06. The maximum absolute atomic E-state index is 13.7. The van der Waals surface area contributed by atoms with Crippen molar-refractivity contribution in [3.8, 4) is 5.75 Å². The van der Waals surface area contributed by atoms with Crippen molar-refractivity contribution in [1.29, 1.82) is 0 Å². The highest BCUT2D eigenvalue weighted by molar-refractivity contribution is 5.88. The Morgan fingerprint density at radius 3 is 2.23 bits per heavy atom. The number of ether oxygens (including phenoxy) is 1. The highest BCUT2D eigenvalue weighted by atomic mass is 16.5. The van der Waals surface area contributed by atoms with Gasteiger partial charge in [0.2, 0.25) is 11.8 Å². The third-order valence-corrected chi connectivity index (χ3v) is 5.92. The molecule has 2 amide bonds. The largest absolute Gasteiger partial charge is 0.497 e. The third-order valence-electron chi connectivity index (χ3n) is 5.92. The fraction of sp³-hybridized carbons (Fsp3) is 0.333. The van der Waals surface area contributed by atoms with E-state index in [1.54, 1.807) is 12.0 Å². The van der Waals surface area contributed by atoms with Gasteiger partial charge >= 0.3 is 0 Å². The SMILES string of the molecule is COc1cccc(CN(C(=O)Cc2ccc(C)cc2)[C@H](Cc2ccccc2)C(=O)NCC(C)C)c1. The molecule has 3 rings (SSSR count). The quantitative estimate of drug-likeness (QED) is 0.429. The summed E-state index contributed by atoms with van der Waals surface area (Å²) in [6.45, 7) is 7.01. The van der Waals surface area contributed by atoms with Crippen LogP contribution in [0.25, 0.3) is 0 Å². The third kappa shape index (κ3) is 7.99. The normalized spacial score (nSPS) is 11.7. The number of amides is 2. The predicted octanol–water partition coefficient (Wildman–Crippen LogP) is 4.96. The maximum atomic E-state index is 13.7. The summed E-state index contributed by atoms with van der Waals surface area (Å²) in [6, 6.07) is 24.8. The molecule has 0 aromatic heterocycles. The Kier molecular flexibility index (Phi) is 9.47. The Bertz CT molecular complexity index is 1090.